The van der Waals surface area contributed by atoms with E-state index in [9.17, 15) is 4.79 Å². The van der Waals surface area contributed by atoms with E-state index in [0.29, 0.717) is 17.8 Å². The monoisotopic (exact) mass is 220 g/mol. The zero-order valence-corrected chi connectivity index (χ0v) is 9.91. The number of hydrogen-bond acceptors (Lipinski definition) is 3. The second-order valence-corrected chi connectivity index (χ2v) is 4.06. The van der Waals surface area contributed by atoms with Gasteiger partial charge in [-0.2, -0.15) is 0 Å². The van der Waals surface area contributed by atoms with Crippen LogP contribution < -0.4 is 5.73 Å². The number of nitrogens with two attached hydrogens (primary N) is 1. The maximum Gasteiger partial charge on any atom is 0.181 e. The third kappa shape index (κ3) is 4.43. The second-order valence-electron chi connectivity index (χ2n) is 4.06. The Hall–Kier alpha value is -1.38. The highest BCUT2D eigenvalue weighted by Crippen LogP contribution is 2.09. The van der Waals surface area contributed by atoms with Gasteiger partial charge >= 0.3 is 0 Å². The predicted octanol–water partition coefficient (Wildman–Crippen LogP) is 3.21. The summed E-state index contributed by atoms with van der Waals surface area (Å²) >= 11 is 0. The summed E-state index contributed by atoms with van der Waals surface area (Å²) < 4.78 is 0. The van der Waals surface area contributed by atoms with Crippen molar-refractivity contribution in [2.75, 3.05) is 5.73 Å². The van der Waals surface area contributed by atoms with Crippen LogP contribution in [-0.2, 0) is 0 Å². The summed E-state index contributed by atoms with van der Waals surface area (Å²) in [4.78, 5) is 15.7. The fourth-order valence-electron chi connectivity index (χ4n) is 1.59. The number of Topliss-reactive ketones (excluding diaryl/α,β-unsaturated/α-hetero) is 1. The molecule has 16 heavy (non-hydrogen) atoms. The number of aromatic nitrogens is 1. The molecule has 2 N–H and O–H groups in total. The van der Waals surface area contributed by atoms with Gasteiger partial charge in [0.1, 0.15) is 5.69 Å². The number of pyridine rings is 1. The summed E-state index contributed by atoms with van der Waals surface area (Å²) in [5.74, 6) is 0.122. The van der Waals surface area contributed by atoms with E-state index in [2.05, 4.69) is 11.9 Å². The molecular formula is C13H20N2O. The normalized spacial score (nSPS) is 10.3. The molecule has 0 fully saturated rings. The molecule has 88 valence electrons. The lowest BCUT2D eigenvalue weighted by Gasteiger charge is -2.01. The van der Waals surface area contributed by atoms with Crippen LogP contribution in [-0.4, -0.2) is 10.8 Å². The topological polar surface area (TPSA) is 56.0 Å². The maximum atomic E-state index is 11.7. The highest BCUT2D eigenvalue weighted by molar-refractivity contribution is 5.94. The molecule has 0 bridgehead atoms. The number of carbonyl (C=O) groups is 1. The molecule has 0 aromatic carbocycles. The van der Waals surface area contributed by atoms with Crippen molar-refractivity contribution in [3.8, 4) is 0 Å². The van der Waals surface area contributed by atoms with Gasteiger partial charge in [0.05, 0.1) is 11.9 Å². The number of carbonyl (C=O) groups excluding carboxylic acids is 1. The Kier molecular flexibility index (Phi) is 5.54. The smallest absolute Gasteiger partial charge is 0.181 e. The molecule has 0 atom stereocenters. The average molecular weight is 220 g/mol. The molecule has 0 radical (unpaired) electrons. The summed E-state index contributed by atoms with van der Waals surface area (Å²) in [7, 11) is 0. The standard InChI is InChI=1S/C13H20N2O/c1-2-3-4-5-6-7-13(16)12-9-8-11(14)10-15-12/h8-10H,2-7,14H2,1H3. The summed E-state index contributed by atoms with van der Waals surface area (Å²) in [5.41, 5.74) is 6.64. The van der Waals surface area contributed by atoms with Gasteiger partial charge in [-0.1, -0.05) is 32.6 Å². The number of ketones is 1. The molecule has 0 spiro atoms. The van der Waals surface area contributed by atoms with Gasteiger partial charge in [0.2, 0.25) is 0 Å². The molecule has 3 heteroatoms. The van der Waals surface area contributed by atoms with Gasteiger partial charge in [-0.15, -0.1) is 0 Å². The zero-order chi connectivity index (χ0) is 11.8. The third-order valence-corrected chi connectivity index (χ3v) is 2.58. The highest BCUT2D eigenvalue weighted by atomic mass is 16.1. The van der Waals surface area contributed by atoms with Gasteiger partial charge in [-0.25, -0.2) is 0 Å². The van der Waals surface area contributed by atoms with Gasteiger partial charge in [0.15, 0.2) is 5.78 Å². The van der Waals surface area contributed by atoms with Crippen molar-refractivity contribution in [2.24, 2.45) is 0 Å². The quantitative estimate of drug-likeness (QED) is 0.567. The summed E-state index contributed by atoms with van der Waals surface area (Å²) in [6, 6.07) is 3.42. The molecule has 0 saturated heterocycles. The van der Waals surface area contributed by atoms with Gasteiger partial charge in [-0.3, -0.25) is 9.78 Å². The molecule has 1 aromatic rings. The van der Waals surface area contributed by atoms with E-state index in [1.54, 1.807) is 12.1 Å². The molecule has 0 aliphatic heterocycles. The van der Waals surface area contributed by atoms with Crippen LogP contribution in [0.25, 0.3) is 0 Å². The number of unbranched alkanes of at least 4 members (excludes halogenated alkanes) is 4. The van der Waals surface area contributed by atoms with Gasteiger partial charge < -0.3 is 5.73 Å². The number of nitrogens with zero attached hydrogens (tertiary/aromatic N) is 1. The van der Waals surface area contributed by atoms with E-state index in [4.69, 9.17) is 5.73 Å². The van der Waals surface area contributed by atoms with Crippen molar-refractivity contribution in [3.05, 3.63) is 24.0 Å². The van der Waals surface area contributed by atoms with Crippen LogP contribution in [0.5, 0.6) is 0 Å². The van der Waals surface area contributed by atoms with Crippen LogP contribution in [0.3, 0.4) is 0 Å². The number of hydrogen-bond donors (Lipinski definition) is 1. The SMILES string of the molecule is CCCCCCCC(=O)c1ccc(N)cn1. The van der Waals surface area contributed by atoms with Crippen LogP contribution in [0.1, 0.15) is 55.9 Å². The lowest BCUT2D eigenvalue weighted by atomic mass is 10.1. The van der Waals surface area contributed by atoms with Crippen molar-refractivity contribution in [1.29, 1.82) is 0 Å². The van der Waals surface area contributed by atoms with Crippen LogP contribution in [0, 0.1) is 0 Å². The Morgan fingerprint density at radius 1 is 1.25 bits per heavy atom. The van der Waals surface area contributed by atoms with Crippen LogP contribution >= 0.6 is 0 Å². The molecule has 0 amide bonds. The molecule has 3 nitrogen and oxygen atoms in total. The summed E-state index contributed by atoms with van der Waals surface area (Å²) in [6.07, 6.45) is 7.94. The maximum absolute atomic E-state index is 11.7. The first-order valence-corrected chi connectivity index (χ1v) is 5.98. The Morgan fingerprint density at radius 2 is 2.00 bits per heavy atom. The highest BCUT2D eigenvalue weighted by Gasteiger charge is 2.06. The second kappa shape index (κ2) is 6.99. The van der Waals surface area contributed by atoms with Crippen molar-refractivity contribution < 1.29 is 4.79 Å². The van der Waals surface area contributed by atoms with E-state index in [-0.39, 0.29) is 5.78 Å². The van der Waals surface area contributed by atoms with Crippen molar-refractivity contribution in [1.82, 2.24) is 4.98 Å². The number of nitrogen functional groups attached to an aromatic ring is 1. The first kappa shape index (κ1) is 12.7. The van der Waals surface area contributed by atoms with E-state index in [0.717, 1.165) is 12.8 Å². The van der Waals surface area contributed by atoms with Crippen molar-refractivity contribution >= 4 is 11.5 Å². The van der Waals surface area contributed by atoms with Crippen molar-refractivity contribution in [2.45, 2.75) is 45.4 Å². The minimum Gasteiger partial charge on any atom is -0.397 e. The van der Waals surface area contributed by atoms with Gasteiger partial charge in [0, 0.05) is 6.42 Å². The first-order chi connectivity index (χ1) is 7.74. The van der Waals surface area contributed by atoms with E-state index >= 15 is 0 Å². The molecule has 0 unspecified atom stereocenters. The van der Waals surface area contributed by atoms with Crippen molar-refractivity contribution in [3.63, 3.8) is 0 Å². The van der Waals surface area contributed by atoms with E-state index < -0.39 is 0 Å². The molecule has 1 aromatic heterocycles. The number of rotatable bonds is 7. The van der Waals surface area contributed by atoms with E-state index in [1.807, 2.05) is 0 Å². The predicted molar refractivity (Wildman–Crippen MR) is 66.4 cm³/mol. The van der Waals surface area contributed by atoms with Crippen LogP contribution in [0.2, 0.25) is 0 Å². The average Bonchev–Trinajstić information content (AvgIpc) is 2.29. The molecule has 0 saturated carbocycles. The van der Waals surface area contributed by atoms with Crippen LogP contribution in [0.15, 0.2) is 18.3 Å². The minimum absolute atomic E-state index is 0.122. The van der Waals surface area contributed by atoms with Gasteiger partial charge in [0.25, 0.3) is 0 Å². The molecule has 1 rings (SSSR count). The zero-order valence-electron chi connectivity index (χ0n) is 9.91. The fourth-order valence-corrected chi connectivity index (χ4v) is 1.59. The lowest BCUT2D eigenvalue weighted by molar-refractivity contribution is 0.0974. The Balaban J connectivity index is 2.27. The fraction of sp³-hybridized carbons (Fsp3) is 0.538. The molecule has 0 aliphatic carbocycles. The summed E-state index contributed by atoms with van der Waals surface area (Å²) in [6.45, 7) is 2.18. The molecule has 0 aliphatic rings. The van der Waals surface area contributed by atoms with Gasteiger partial charge in [-0.05, 0) is 18.6 Å². The summed E-state index contributed by atoms with van der Waals surface area (Å²) in [5, 5.41) is 0. The Morgan fingerprint density at radius 3 is 2.62 bits per heavy atom. The Bertz CT molecular complexity index is 319. The molecule has 1 heterocycles. The lowest BCUT2D eigenvalue weighted by Crippen LogP contribution is -2.02. The molecular weight excluding hydrogens is 200 g/mol. The minimum atomic E-state index is 0.122. The largest absolute Gasteiger partial charge is 0.397 e. The Labute approximate surface area is 97.1 Å². The van der Waals surface area contributed by atoms with Crippen LogP contribution in [0.4, 0.5) is 5.69 Å². The first-order valence-electron chi connectivity index (χ1n) is 5.98. The van der Waals surface area contributed by atoms with E-state index in [1.165, 1.54) is 25.5 Å². The number of anilines is 1. The third-order valence-electron chi connectivity index (χ3n) is 2.58.